The predicted molar refractivity (Wildman–Crippen MR) is 99.1 cm³/mol. The van der Waals surface area contributed by atoms with Gasteiger partial charge >= 0.3 is 0 Å². The standard InChI is InChI=1S/C20H18N4O2/c1-2-26-16-10-8-15(9-11-16)24(13-5-12-21)20(25)19-14-22-17-6-3-4-7-18(17)23-19/h3-4,6-11,14H,2,5,13H2,1H3. The third-order valence-corrected chi connectivity index (χ3v) is 3.82. The summed E-state index contributed by atoms with van der Waals surface area (Å²) >= 11 is 0. The van der Waals surface area contributed by atoms with Crippen LogP contribution in [0.2, 0.25) is 0 Å². The number of rotatable bonds is 6. The number of fused-ring (bicyclic) bond motifs is 1. The second-order valence-corrected chi connectivity index (χ2v) is 5.54. The Hall–Kier alpha value is -3.46. The van der Waals surface area contributed by atoms with Crippen molar-refractivity contribution in [3.63, 3.8) is 0 Å². The average molecular weight is 346 g/mol. The smallest absolute Gasteiger partial charge is 0.278 e. The number of benzene rings is 2. The summed E-state index contributed by atoms with van der Waals surface area (Å²) in [4.78, 5) is 23.2. The van der Waals surface area contributed by atoms with Gasteiger partial charge in [0, 0.05) is 12.2 Å². The van der Waals surface area contributed by atoms with Crippen molar-refractivity contribution in [3.05, 3.63) is 60.4 Å². The third-order valence-electron chi connectivity index (χ3n) is 3.82. The molecular formula is C20H18N4O2. The van der Waals surface area contributed by atoms with Crippen LogP contribution in [0.25, 0.3) is 11.0 Å². The summed E-state index contributed by atoms with van der Waals surface area (Å²) in [5, 5.41) is 8.93. The number of hydrogen-bond donors (Lipinski definition) is 0. The number of amides is 1. The maximum Gasteiger partial charge on any atom is 0.278 e. The lowest BCUT2D eigenvalue weighted by molar-refractivity contribution is 0.0982. The fourth-order valence-electron chi connectivity index (χ4n) is 2.60. The van der Waals surface area contributed by atoms with E-state index >= 15 is 0 Å². The van der Waals surface area contributed by atoms with Crippen molar-refractivity contribution in [1.29, 1.82) is 5.26 Å². The van der Waals surface area contributed by atoms with Gasteiger partial charge in [-0.15, -0.1) is 0 Å². The molecule has 1 aromatic heterocycles. The highest BCUT2D eigenvalue weighted by Crippen LogP contribution is 2.22. The van der Waals surface area contributed by atoms with Crippen molar-refractivity contribution in [1.82, 2.24) is 9.97 Å². The van der Waals surface area contributed by atoms with E-state index in [1.807, 2.05) is 31.2 Å². The van der Waals surface area contributed by atoms with Crippen LogP contribution in [-0.2, 0) is 0 Å². The van der Waals surface area contributed by atoms with Crippen molar-refractivity contribution in [2.45, 2.75) is 13.3 Å². The Labute approximate surface area is 151 Å². The van der Waals surface area contributed by atoms with Crippen LogP contribution in [0.3, 0.4) is 0 Å². The van der Waals surface area contributed by atoms with Crippen molar-refractivity contribution < 1.29 is 9.53 Å². The maximum atomic E-state index is 13.0. The average Bonchev–Trinajstić information content (AvgIpc) is 2.69. The Morgan fingerprint density at radius 3 is 2.58 bits per heavy atom. The summed E-state index contributed by atoms with van der Waals surface area (Å²) in [6.07, 6.45) is 1.69. The van der Waals surface area contributed by atoms with Crippen LogP contribution >= 0.6 is 0 Å². The van der Waals surface area contributed by atoms with Crippen molar-refractivity contribution in [2.75, 3.05) is 18.1 Å². The molecule has 6 heteroatoms. The molecule has 0 atom stereocenters. The van der Waals surface area contributed by atoms with Crippen LogP contribution < -0.4 is 9.64 Å². The lowest BCUT2D eigenvalue weighted by atomic mass is 10.2. The minimum atomic E-state index is -0.289. The lowest BCUT2D eigenvalue weighted by Gasteiger charge is -2.21. The summed E-state index contributed by atoms with van der Waals surface area (Å²) < 4.78 is 5.44. The molecule has 0 aliphatic carbocycles. The molecule has 0 aliphatic rings. The molecule has 0 aliphatic heterocycles. The highest BCUT2D eigenvalue weighted by molar-refractivity contribution is 6.05. The van der Waals surface area contributed by atoms with Gasteiger partial charge in [0.25, 0.3) is 5.91 Å². The summed E-state index contributed by atoms with van der Waals surface area (Å²) in [6, 6.07) is 16.7. The molecule has 1 heterocycles. The van der Waals surface area contributed by atoms with Crippen LogP contribution in [0.15, 0.2) is 54.7 Å². The Morgan fingerprint density at radius 2 is 1.88 bits per heavy atom. The molecule has 0 radical (unpaired) electrons. The minimum Gasteiger partial charge on any atom is -0.494 e. The molecule has 0 saturated heterocycles. The molecule has 3 aromatic rings. The zero-order valence-corrected chi connectivity index (χ0v) is 14.4. The van der Waals surface area contributed by atoms with Crippen LogP contribution in [0, 0.1) is 11.3 Å². The number of carbonyl (C=O) groups is 1. The van der Waals surface area contributed by atoms with Gasteiger partial charge in [0.05, 0.1) is 36.3 Å². The van der Waals surface area contributed by atoms with Crippen molar-refractivity contribution in [2.24, 2.45) is 0 Å². The number of para-hydroxylation sites is 2. The number of nitriles is 1. The Bertz CT molecular complexity index is 948. The number of ether oxygens (including phenoxy) is 1. The van der Waals surface area contributed by atoms with Crippen LogP contribution in [-0.4, -0.2) is 29.0 Å². The maximum absolute atomic E-state index is 13.0. The van der Waals surface area contributed by atoms with E-state index in [1.165, 1.54) is 11.1 Å². The summed E-state index contributed by atoms with van der Waals surface area (Å²) in [7, 11) is 0. The fourth-order valence-corrected chi connectivity index (χ4v) is 2.60. The molecule has 0 N–H and O–H groups in total. The van der Waals surface area contributed by atoms with Gasteiger partial charge in [-0.25, -0.2) is 4.98 Å². The quantitative estimate of drug-likeness (QED) is 0.681. The molecule has 0 saturated carbocycles. The first-order valence-corrected chi connectivity index (χ1v) is 8.36. The number of anilines is 1. The van der Waals surface area contributed by atoms with Gasteiger partial charge in [-0.2, -0.15) is 5.26 Å². The first kappa shape index (κ1) is 17.4. The molecule has 0 fully saturated rings. The van der Waals surface area contributed by atoms with Gasteiger partial charge in [-0.05, 0) is 43.3 Å². The SMILES string of the molecule is CCOc1ccc(N(CCC#N)C(=O)c2cnc3ccccc3n2)cc1. The first-order chi connectivity index (χ1) is 12.7. The normalized spacial score (nSPS) is 10.3. The van der Waals surface area contributed by atoms with Gasteiger partial charge in [-0.1, -0.05) is 12.1 Å². The molecule has 0 unspecified atom stereocenters. The first-order valence-electron chi connectivity index (χ1n) is 8.36. The van der Waals surface area contributed by atoms with Gasteiger partial charge < -0.3 is 9.64 Å². The molecular weight excluding hydrogens is 328 g/mol. The second-order valence-electron chi connectivity index (χ2n) is 5.54. The molecule has 0 spiro atoms. The minimum absolute atomic E-state index is 0.222. The number of carbonyl (C=O) groups excluding carboxylic acids is 1. The zero-order chi connectivity index (χ0) is 18.4. The summed E-state index contributed by atoms with van der Waals surface area (Å²) in [6.45, 7) is 2.76. The van der Waals surface area contributed by atoms with E-state index < -0.39 is 0 Å². The number of nitrogens with zero attached hydrogens (tertiary/aromatic N) is 4. The van der Waals surface area contributed by atoms with Gasteiger partial charge in [-0.3, -0.25) is 9.78 Å². The van der Waals surface area contributed by atoms with Crippen molar-refractivity contribution in [3.8, 4) is 11.8 Å². The second kappa shape index (κ2) is 8.08. The van der Waals surface area contributed by atoms with Crippen LogP contribution in [0.1, 0.15) is 23.8 Å². The zero-order valence-electron chi connectivity index (χ0n) is 14.4. The molecule has 0 bridgehead atoms. The fraction of sp³-hybridized carbons (Fsp3) is 0.200. The van der Waals surface area contributed by atoms with Crippen LogP contribution in [0.5, 0.6) is 5.75 Å². The third kappa shape index (κ3) is 3.78. The Kier molecular flexibility index (Phi) is 5.40. The highest BCUT2D eigenvalue weighted by Gasteiger charge is 2.19. The molecule has 3 rings (SSSR count). The van der Waals surface area contributed by atoms with E-state index in [0.717, 1.165) is 11.3 Å². The largest absolute Gasteiger partial charge is 0.494 e. The van der Waals surface area contributed by atoms with Crippen LogP contribution in [0.4, 0.5) is 5.69 Å². The molecule has 26 heavy (non-hydrogen) atoms. The molecule has 2 aromatic carbocycles. The topological polar surface area (TPSA) is 79.1 Å². The monoisotopic (exact) mass is 346 g/mol. The predicted octanol–water partition coefficient (Wildman–Crippen LogP) is 3.59. The van der Waals surface area contributed by atoms with Gasteiger partial charge in [0.2, 0.25) is 0 Å². The molecule has 130 valence electrons. The van der Waals surface area contributed by atoms with E-state index in [9.17, 15) is 4.79 Å². The summed E-state index contributed by atoms with van der Waals surface area (Å²) in [5.41, 5.74) is 2.32. The summed E-state index contributed by atoms with van der Waals surface area (Å²) in [5.74, 6) is 0.442. The van der Waals surface area contributed by atoms with Crippen molar-refractivity contribution >= 4 is 22.6 Å². The lowest BCUT2D eigenvalue weighted by Crippen LogP contribution is -2.32. The molecule has 1 amide bonds. The Morgan fingerprint density at radius 1 is 1.15 bits per heavy atom. The Balaban J connectivity index is 1.92. The molecule has 6 nitrogen and oxygen atoms in total. The van der Waals surface area contributed by atoms with E-state index in [-0.39, 0.29) is 24.6 Å². The van der Waals surface area contributed by atoms with E-state index in [1.54, 1.807) is 24.3 Å². The van der Waals surface area contributed by atoms with E-state index in [0.29, 0.717) is 17.8 Å². The van der Waals surface area contributed by atoms with E-state index in [4.69, 9.17) is 10.00 Å². The van der Waals surface area contributed by atoms with E-state index in [2.05, 4.69) is 16.0 Å². The number of hydrogen-bond acceptors (Lipinski definition) is 5. The van der Waals surface area contributed by atoms with Gasteiger partial charge in [0.15, 0.2) is 0 Å². The van der Waals surface area contributed by atoms with Gasteiger partial charge in [0.1, 0.15) is 11.4 Å². The highest BCUT2D eigenvalue weighted by atomic mass is 16.5. The number of aromatic nitrogens is 2.